The van der Waals surface area contributed by atoms with Crippen molar-refractivity contribution in [2.45, 2.75) is 6.04 Å². The van der Waals surface area contributed by atoms with Crippen molar-refractivity contribution in [1.29, 1.82) is 0 Å². The van der Waals surface area contributed by atoms with Crippen molar-refractivity contribution >= 4 is 46.4 Å². The first-order valence-corrected chi connectivity index (χ1v) is 8.36. The van der Waals surface area contributed by atoms with E-state index in [0.717, 1.165) is 26.2 Å². The minimum absolute atomic E-state index is 0. The molecule has 1 fully saturated rings. The predicted molar refractivity (Wildman–Crippen MR) is 113 cm³/mol. The van der Waals surface area contributed by atoms with Crippen molar-refractivity contribution in [2.75, 3.05) is 26.2 Å². The van der Waals surface area contributed by atoms with Crippen molar-refractivity contribution in [1.82, 2.24) is 10.2 Å². The fraction of sp³-hybridized carbons (Fsp3) is 0.238. The monoisotopic (exact) mass is 374 g/mol. The first-order chi connectivity index (χ1) is 11.4. The Balaban J connectivity index is 0.00000113. The number of fused-ring (bicyclic) bond motifs is 2. The molecular weight excluding hydrogens is 351 g/mol. The average molecular weight is 375 g/mol. The lowest BCUT2D eigenvalue weighted by molar-refractivity contribution is 0.205. The van der Waals surface area contributed by atoms with Gasteiger partial charge in [-0.2, -0.15) is 0 Å². The Morgan fingerprint density at radius 3 is 1.92 bits per heavy atom. The predicted octanol–water partition coefficient (Wildman–Crippen LogP) is 4.97. The maximum absolute atomic E-state index is 4.16. The maximum atomic E-state index is 4.16. The number of piperazine rings is 1. The largest absolute Gasteiger partial charge is 0.314 e. The van der Waals surface area contributed by atoms with Gasteiger partial charge in [0.25, 0.3) is 0 Å². The molecular formula is C21H24Cl2N2. The Morgan fingerprint density at radius 1 is 0.880 bits per heavy atom. The molecule has 1 aliphatic heterocycles. The van der Waals surface area contributed by atoms with E-state index in [4.69, 9.17) is 0 Å². The van der Waals surface area contributed by atoms with Crippen LogP contribution in [0, 0.1) is 0 Å². The molecule has 0 saturated carbocycles. The van der Waals surface area contributed by atoms with E-state index >= 15 is 0 Å². The van der Waals surface area contributed by atoms with Crippen molar-refractivity contribution in [3.8, 4) is 0 Å². The Labute approximate surface area is 161 Å². The van der Waals surface area contributed by atoms with Crippen LogP contribution in [0.5, 0.6) is 0 Å². The third-order valence-corrected chi connectivity index (χ3v) is 4.88. The standard InChI is InChI=1S/C21H22N2.2ClH/c1-2-20(23-13-11-22-12-14-23)21-18-9-5-3-7-16(18)15-17-8-4-6-10-19(17)21;;/h2-10,15,20,22H,1,11-14H2;2*1H/t20-;;/m1../s1. The molecule has 2 nitrogen and oxygen atoms in total. The molecule has 0 aliphatic carbocycles. The third kappa shape index (κ3) is 3.68. The number of rotatable bonds is 3. The van der Waals surface area contributed by atoms with Crippen molar-refractivity contribution in [3.05, 3.63) is 72.8 Å². The highest BCUT2D eigenvalue weighted by molar-refractivity contribution is 6.02. The van der Waals surface area contributed by atoms with Gasteiger partial charge in [0.2, 0.25) is 0 Å². The van der Waals surface area contributed by atoms with Crippen LogP contribution < -0.4 is 5.32 Å². The Bertz CT molecular complexity index is 803. The number of hydrogen-bond acceptors (Lipinski definition) is 2. The summed E-state index contributed by atoms with van der Waals surface area (Å²) in [5.74, 6) is 0. The van der Waals surface area contributed by atoms with Crippen LogP contribution in [-0.2, 0) is 0 Å². The highest BCUT2D eigenvalue weighted by Crippen LogP contribution is 2.36. The number of benzene rings is 3. The lowest BCUT2D eigenvalue weighted by atomic mass is 9.91. The molecule has 0 spiro atoms. The smallest absolute Gasteiger partial charge is 0.0542 e. The second-order valence-electron chi connectivity index (χ2n) is 6.20. The SMILES string of the molecule is C=C[C@H](c1c2ccccc2cc2ccccc12)N1CCNCC1.Cl.Cl. The average Bonchev–Trinajstić information content (AvgIpc) is 2.62. The van der Waals surface area contributed by atoms with Gasteiger partial charge in [0.1, 0.15) is 0 Å². The summed E-state index contributed by atoms with van der Waals surface area (Å²) >= 11 is 0. The molecule has 0 unspecified atom stereocenters. The van der Waals surface area contributed by atoms with Gasteiger partial charge in [0.15, 0.2) is 0 Å². The first-order valence-electron chi connectivity index (χ1n) is 8.36. The minimum Gasteiger partial charge on any atom is -0.314 e. The lowest BCUT2D eigenvalue weighted by Gasteiger charge is -2.34. The van der Waals surface area contributed by atoms with E-state index < -0.39 is 0 Å². The van der Waals surface area contributed by atoms with E-state index in [0.29, 0.717) is 0 Å². The fourth-order valence-corrected chi connectivity index (χ4v) is 3.78. The number of hydrogen-bond donors (Lipinski definition) is 1. The zero-order valence-electron chi connectivity index (χ0n) is 14.2. The molecule has 0 radical (unpaired) electrons. The van der Waals surface area contributed by atoms with Crippen molar-refractivity contribution in [2.24, 2.45) is 0 Å². The molecule has 1 atom stereocenters. The molecule has 1 heterocycles. The Kier molecular flexibility index (Phi) is 6.86. The van der Waals surface area contributed by atoms with Gasteiger partial charge in [0, 0.05) is 26.2 Å². The van der Waals surface area contributed by atoms with E-state index in [2.05, 4.69) is 77.5 Å². The lowest BCUT2D eigenvalue weighted by Crippen LogP contribution is -2.44. The van der Waals surface area contributed by atoms with Gasteiger partial charge in [-0.15, -0.1) is 31.4 Å². The molecule has 1 saturated heterocycles. The van der Waals surface area contributed by atoms with Gasteiger partial charge in [-0.3, -0.25) is 4.90 Å². The number of nitrogens with zero attached hydrogens (tertiary/aromatic N) is 1. The molecule has 0 amide bonds. The summed E-state index contributed by atoms with van der Waals surface area (Å²) in [6, 6.07) is 20.0. The molecule has 4 heteroatoms. The fourth-order valence-electron chi connectivity index (χ4n) is 3.78. The van der Waals surface area contributed by atoms with Crippen LogP contribution in [0.4, 0.5) is 0 Å². The molecule has 3 aromatic carbocycles. The van der Waals surface area contributed by atoms with E-state index in [9.17, 15) is 0 Å². The van der Waals surface area contributed by atoms with Gasteiger partial charge in [-0.05, 0) is 33.2 Å². The van der Waals surface area contributed by atoms with E-state index in [-0.39, 0.29) is 30.9 Å². The summed E-state index contributed by atoms with van der Waals surface area (Å²) in [6.07, 6.45) is 2.11. The summed E-state index contributed by atoms with van der Waals surface area (Å²) < 4.78 is 0. The number of halogens is 2. The summed E-state index contributed by atoms with van der Waals surface area (Å²) in [5.41, 5.74) is 1.40. The second-order valence-corrected chi connectivity index (χ2v) is 6.20. The molecule has 132 valence electrons. The maximum Gasteiger partial charge on any atom is 0.0542 e. The third-order valence-electron chi connectivity index (χ3n) is 4.88. The van der Waals surface area contributed by atoms with E-state index in [1.807, 2.05) is 0 Å². The normalized spacial score (nSPS) is 16.0. The molecule has 0 bridgehead atoms. The molecule has 25 heavy (non-hydrogen) atoms. The van der Waals surface area contributed by atoms with Gasteiger partial charge in [-0.25, -0.2) is 0 Å². The Hall–Kier alpha value is -1.58. The zero-order valence-corrected chi connectivity index (χ0v) is 15.8. The molecule has 4 rings (SSSR count). The molecule has 3 aromatic rings. The van der Waals surface area contributed by atoms with Crippen LogP contribution >= 0.6 is 24.8 Å². The van der Waals surface area contributed by atoms with Crippen LogP contribution in [0.15, 0.2) is 67.3 Å². The minimum atomic E-state index is 0. The van der Waals surface area contributed by atoms with E-state index in [1.165, 1.54) is 27.1 Å². The summed E-state index contributed by atoms with van der Waals surface area (Å²) in [6.45, 7) is 8.39. The van der Waals surface area contributed by atoms with Gasteiger partial charge in [0.05, 0.1) is 6.04 Å². The number of nitrogens with one attached hydrogen (secondary N) is 1. The van der Waals surface area contributed by atoms with Crippen molar-refractivity contribution < 1.29 is 0 Å². The van der Waals surface area contributed by atoms with Crippen molar-refractivity contribution in [3.63, 3.8) is 0 Å². The topological polar surface area (TPSA) is 15.3 Å². The molecule has 0 aromatic heterocycles. The summed E-state index contributed by atoms with van der Waals surface area (Å²) in [4.78, 5) is 2.54. The second kappa shape index (κ2) is 8.68. The van der Waals surface area contributed by atoms with Gasteiger partial charge < -0.3 is 5.32 Å². The van der Waals surface area contributed by atoms with E-state index in [1.54, 1.807) is 0 Å². The van der Waals surface area contributed by atoms with Crippen LogP contribution in [0.1, 0.15) is 11.6 Å². The Morgan fingerprint density at radius 2 is 1.40 bits per heavy atom. The van der Waals surface area contributed by atoms with Gasteiger partial charge >= 0.3 is 0 Å². The molecule has 1 N–H and O–H groups in total. The summed E-state index contributed by atoms with van der Waals surface area (Å²) in [5, 5.41) is 8.75. The molecule has 1 aliphatic rings. The quantitative estimate of drug-likeness (QED) is 0.514. The van der Waals surface area contributed by atoms with Crippen LogP contribution in [0.25, 0.3) is 21.5 Å². The highest BCUT2D eigenvalue weighted by Gasteiger charge is 2.23. The van der Waals surface area contributed by atoms with Crippen LogP contribution in [0.3, 0.4) is 0 Å². The van der Waals surface area contributed by atoms with Crippen LogP contribution in [-0.4, -0.2) is 31.1 Å². The first kappa shape index (κ1) is 19.7. The van der Waals surface area contributed by atoms with Gasteiger partial charge in [-0.1, -0.05) is 54.6 Å². The summed E-state index contributed by atoms with van der Waals surface area (Å²) in [7, 11) is 0. The van der Waals surface area contributed by atoms with Crippen LogP contribution in [0.2, 0.25) is 0 Å². The highest BCUT2D eigenvalue weighted by atomic mass is 35.5. The zero-order chi connectivity index (χ0) is 15.6.